The Balaban J connectivity index is 1.57. The number of rotatable bonds is 5. The van der Waals surface area contributed by atoms with Gasteiger partial charge in [-0.3, -0.25) is 4.79 Å². The summed E-state index contributed by atoms with van der Waals surface area (Å²) in [6.07, 6.45) is -9.13. The maximum atomic E-state index is 13.2. The minimum absolute atomic E-state index is 0.0189. The molecule has 3 nitrogen and oxygen atoms in total. The predicted octanol–water partition coefficient (Wildman–Crippen LogP) is 6.04. The molecule has 1 aliphatic heterocycles. The molecule has 1 atom stereocenters. The SMILES string of the molecule is C[C@@H](OCC1(c2ccccc2)CC2(CNC(=O)C2)C1)c1cc(C(F)(F)F)cc(C(F)(F)F)c1. The van der Waals surface area contributed by atoms with E-state index in [2.05, 4.69) is 5.32 Å². The molecule has 1 spiro atoms. The van der Waals surface area contributed by atoms with Gasteiger partial charge in [0.15, 0.2) is 0 Å². The van der Waals surface area contributed by atoms with Crippen molar-refractivity contribution in [3.05, 3.63) is 70.8 Å². The molecule has 178 valence electrons. The van der Waals surface area contributed by atoms with Crippen LogP contribution in [0.15, 0.2) is 48.5 Å². The quantitative estimate of drug-likeness (QED) is 0.540. The Hall–Kier alpha value is -2.55. The normalized spacial score (nSPS) is 26.2. The van der Waals surface area contributed by atoms with Crippen LogP contribution in [0.3, 0.4) is 0 Å². The Morgan fingerprint density at radius 2 is 1.55 bits per heavy atom. The molecule has 2 aliphatic rings. The third kappa shape index (κ3) is 4.74. The van der Waals surface area contributed by atoms with Gasteiger partial charge in [0, 0.05) is 18.4 Å². The van der Waals surface area contributed by atoms with Gasteiger partial charge in [-0.25, -0.2) is 0 Å². The second-order valence-electron chi connectivity index (χ2n) is 9.25. The highest BCUT2D eigenvalue weighted by atomic mass is 19.4. The zero-order chi connectivity index (χ0) is 24.1. The molecule has 4 rings (SSSR count). The maximum Gasteiger partial charge on any atom is 0.416 e. The summed E-state index contributed by atoms with van der Waals surface area (Å²) in [5, 5.41) is 2.84. The monoisotopic (exact) mass is 471 g/mol. The summed E-state index contributed by atoms with van der Waals surface area (Å²) >= 11 is 0. The van der Waals surface area contributed by atoms with E-state index < -0.39 is 35.0 Å². The van der Waals surface area contributed by atoms with Gasteiger partial charge in [0.2, 0.25) is 5.91 Å². The first-order valence-electron chi connectivity index (χ1n) is 10.6. The van der Waals surface area contributed by atoms with E-state index in [9.17, 15) is 31.1 Å². The smallest absolute Gasteiger partial charge is 0.373 e. The molecule has 2 fully saturated rings. The fourth-order valence-electron chi connectivity index (χ4n) is 5.16. The zero-order valence-electron chi connectivity index (χ0n) is 17.8. The van der Waals surface area contributed by atoms with E-state index in [1.807, 2.05) is 30.3 Å². The van der Waals surface area contributed by atoms with Gasteiger partial charge in [-0.2, -0.15) is 26.3 Å². The number of hydrogen-bond acceptors (Lipinski definition) is 2. The molecular formula is C24H23F6NO2. The standard InChI is InChI=1S/C24H23F6NO2/c1-15(16-7-18(23(25,26)27)9-19(8-16)24(28,29)30)33-14-22(17-5-3-2-4-6-17)11-21(12-22)10-20(32)31-13-21/h2-9,15H,10-14H2,1H3,(H,31,32)/t15-,21?,22?/m1/s1. The van der Waals surface area contributed by atoms with Crippen molar-refractivity contribution in [2.45, 2.75) is 50.1 Å². The van der Waals surface area contributed by atoms with Crippen LogP contribution in [-0.2, 0) is 27.3 Å². The molecule has 0 bridgehead atoms. The average molecular weight is 471 g/mol. The Labute approximate surface area is 187 Å². The van der Waals surface area contributed by atoms with Crippen molar-refractivity contribution >= 4 is 5.91 Å². The number of carbonyl (C=O) groups excluding carboxylic acids is 1. The van der Waals surface area contributed by atoms with Gasteiger partial charge in [0.1, 0.15) is 0 Å². The highest BCUT2D eigenvalue weighted by Gasteiger charge is 2.58. The second-order valence-corrected chi connectivity index (χ2v) is 9.25. The minimum Gasteiger partial charge on any atom is -0.373 e. The lowest BCUT2D eigenvalue weighted by Crippen LogP contribution is -2.53. The maximum absolute atomic E-state index is 13.2. The van der Waals surface area contributed by atoms with Gasteiger partial charge in [-0.05, 0) is 54.5 Å². The van der Waals surface area contributed by atoms with Crippen molar-refractivity contribution in [2.75, 3.05) is 13.2 Å². The molecule has 1 aliphatic carbocycles. The lowest BCUT2D eigenvalue weighted by molar-refractivity contribution is -0.143. The molecule has 1 saturated carbocycles. The first-order valence-corrected chi connectivity index (χ1v) is 10.6. The van der Waals surface area contributed by atoms with Crippen LogP contribution >= 0.6 is 0 Å². The topological polar surface area (TPSA) is 38.3 Å². The summed E-state index contributed by atoms with van der Waals surface area (Å²) in [5.74, 6) is -0.0189. The Bertz CT molecular complexity index is 993. The van der Waals surface area contributed by atoms with Crippen LogP contribution in [0.1, 0.15) is 54.5 Å². The average Bonchev–Trinajstić information content (AvgIpc) is 3.11. The first-order chi connectivity index (χ1) is 15.3. The van der Waals surface area contributed by atoms with Gasteiger partial charge in [0.05, 0.1) is 23.8 Å². The van der Waals surface area contributed by atoms with E-state index >= 15 is 0 Å². The van der Waals surface area contributed by atoms with Gasteiger partial charge in [-0.15, -0.1) is 0 Å². The van der Waals surface area contributed by atoms with Crippen LogP contribution in [0, 0.1) is 5.41 Å². The van der Waals surface area contributed by atoms with E-state index in [0.29, 0.717) is 37.9 Å². The molecule has 0 aromatic heterocycles. The number of alkyl halides is 6. The molecule has 0 radical (unpaired) electrons. The summed E-state index contributed by atoms with van der Waals surface area (Å²) in [6, 6.07) is 11.0. The number of benzene rings is 2. The van der Waals surface area contributed by atoms with Crippen LogP contribution in [-0.4, -0.2) is 19.1 Å². The fraction of sp³-hybridized carbons (Fsp3) is 0.458. The summed E-state index contributed by atoms with van der Waals surface area (Å²) < 4.78 is 85.2. The number of amides is 1. The van der Waals surface area contributed by atoms with Gasteiger partial charge in [-0.1, -0.05) is 30.3 Å². The molecule has 2 aromatic carbocycles. The van der Waals surface area contributed by atoms with Gasteiger partial charge >= 0.3 is 12.4 Å². The Morgan fingerprint density at radius 1 is 0.970 bits per heavy atom. The van der Waals surface area contributed by atoms with Crippen molar-refractivity contribution in [3.8, 4) is 0 Å². The zero-order valence-corrected chi connectivity index (χ0v) is 17.8. The van der Waals surface area contributed by atoms with Crippen molar-refractivity contribution in [1.82, 2.24) is 5.32 Å². The lowest BCUT2D eigenvalue weighted by atomic mass is 9.50. The van der Waals surface area contributed by atoms with Crippen molar-refractivity contribution in [1.29, 1.82) is 0 Å². The predicted molar refractivity (Wildman–Crippen MR) is 108 cm³/mol. The first kappa shape index (κ1) is 23.6. The Morgan fingerprint density at radius 3 is 2.03 bits per heavy atom. The molecule has 1 saturated heterocycles. The summed E-state index contributed by atoms with van der Waals surface area (Å²) in [7, 11) is 0. The molecule has 0 unspecified atom stereocenters. The van der Waals surface area contributed by atoms with E-state index in [-0.39, 0.29) is 29.6 Å². The van der Waals surface area contributed by atoms with Gasteiger partial charge < -0.3 is 10.1 Å². The highest BCUT2D eigenvalue weighted by molar-refractivity contribution is 5.79. The summed E-state index contributed by atoms with van der Waals surface area (Å²) in [6.45, 7) is 2.12. The molecule has 33 heavy (non-hydrogen) atoms. The van der Waals surface area contributed by atoms with E-state index in [4.69, 9.17) is 4.74 Å². The number of halogens is 6. The third-order valence-corrected chi connectivity index (χ3v) is 6.70. The molecule has 2 aromatic rings. The van der Waals surface area contributed by atoms with E-state index in [0.717, 1.165) is 5.56 Å². The minimum atomic E-state index is -4.91. The van der Waals surface area contributed by atoms with E-state index in [1.165, 1.54) is 6.92 Å². The largest absolute Gasteiger partial charge is 0.416 e. The summed E-state index contributed by atoms with van der Waals surface area (Å²) in [4.78, 5) is 11.7. The number of carbonyl (C=O) groups is 1. The van der Waals surface area contributed by atoms with Crippen molar-refractivity contribution in [2.24, 2.45) is 5.41 Å². The Kier molecular flexibility index (Phi) is 5.75. The van der Waals surface area contributed by atoms with E-state index in [1.54, 1.807) is 0 Å². The number of hydrogen-bond donors (Lipinski definition) is 1. The molecule has 9 heteroatoms. The fourth-order valence-corrected chi connectivity index (χ4v) is 5.16. The van der Waals surface area contributed by atoms with Crippen LogP contribution in [0.5, 0.6) is 0 Å². The molecule has 1 amide bonds. The van der Waals surface area contributed by atoms with Crippen molar-refractivity contribution < 1.29 is 35.9 Å². The van der Waals surface area contributed by atoms with Crippen LogP contribution in [0.2, 0.25) is 0 Å². The summed E-state index contributed by atoms with van der Waals surface area (Å²) in [5.41, 5.74) is -2.60. The van der Waals surface area contributed by atoms with Crippen LogP contribution < -0.4 is 5.32 Å². The second kappa shape index (κ2) is 8.04. The van der Waals surface area contributed by atoms with Crippen LogP contribution in [0.25, 0.3) is 0 Å². The number of ether oxygens (including phenoxy) is 1. The van der Waals surface area contributed by atoms with Gasteiger partial charge in [0.25, 0.3) is 0 Å². The molecule has 1 N–H and O–H groups in total. The molecule has 1 heterocycles. The third-order valence-electron chi connectivity index (χ3n) is 6.70. The highest BCUT2D eigenvalue weighted by Crippen LogP contribution is 2.59. The molecular weight excluding hydrogens is 448 g/mol. The lowest BCUT2D eigenvalue weighted by Gasteiger charge is -2.54. The number of nitrogens with one attached hydrogen (secondary N) is 1. The van der Waals surface area contributed by atoms with Crippen molar-refractivity contribution in [3.63, 3.8) is 0 Å². The van der Waals surface area contributed by atoms with Crippen LogP contribution in [0.4, 0.5) is 26.3 Å².